The van der Waals surface area contributed by atoms with Gasteiger partial charge in [0.2, 0.25) is 10.0 Å². The Morgan fingerprint density at radius 3 is 2.46 bits per heavy atom. The van der Waals surface area contributed by atoms with E-state index in [0.717, 1.165) is 35.3 Å². The molecule has 1 aromatic carbocycles. The average Bonchev–Trinajstić information content (AvgIpc) is 3.39. The third kappa shape index (κ3) is 4.59. The van der Waals surface area contributed by atoms with Crippen molar-refractivity contribution in [1.29, 1.82) is 0 Å². The third-order valence-electron chi connectivity index (χ3n) is 4.07. The number of sulfonamides is 1. The summed E-state index contributed by atoms with van der Waals surface area (Å²) in [6.07, 6.45) is 0.768. The molecule has 0 radical (unpaired) electrons. The van der Waals surface area contributed by atoms with Crippen molar-refractivity contribution in [1.82, 2.24) is 9.62 Å². The maximum Gasteiger partial charge on any atom is 0.338 e. The summed E-state index contributed by atoms with van der Waals surface area (Å²) in [4.78, 5) is 23.5. The van der Waals surface area contributed by atoms with Gasteiger partial charge < -0.3 is 10.1 Å². The normalized spacial score (nSPS) is 15.6. The van der Waals surface area contributed by atoms with Crippen LogP contribution in [0.25, 0.3) is 0 Å². The molecule has 144 valence electrons. The standard InChI is InChI=1S/C17H23FN2O5S/c1-4-20(5-2)26(23,24)15-10-12(6-9-14(15)18)17(22)25-11(3)16(21)19-13-7-8-13/h6,9-11,13H,4-5,7-8H2,1-3H3,(H,19,21)/t11-/m1/s1. The molecule has 1 amide bonds. The predicted molar refractivity (Wildman–Crippen MR) is 92.5 cm³/mol. The minimum Gasteiger partial charge on any atom is -0.449 e. The van der Waals surface area contributed by atoms with Crippen LogP contribution < -0.4 is 5.32 Å². The van der Waals surface area contributed by atoms with Gasteiger partial charge in [-0.15, -0.1) is 0 Å². The van der Waals surface area contributed by atoms with Crippen LogP contribution in [-0.4, -0.2) is 49.8 Å². The van der Waals surface area contributed by atoms with Crippen LogP contribution >= 0.6 is 0 Å². The topological polar surface area (TPSA) is 92.8 Å². The minimum atomic E-state index is -4.07. The molecule has 1 aromatic rings. The second kappa shape index (κ2) is 8.13. The molecule has 2 rings (SSSR count). The molecule has 0 unspecified atom stereocenters. The fraction of sp³-hybridized carbons (Fsp3) is 0.529. The van der Waals surface area contributed by atoms with Crippen LogP contribution in [-0.2, 0) is 19.6 Å². The molecule has 1 aliphatic carbocycles. The maximum absolute atomic E-state index is 14.1. The number of ether oxygens (including phenoxy) is 1. The maximum atomic E-state index is 14.1. The van der Waals surface area contributed by atoms with Crippen molar-refractivity contribution in [3.8, 4) is 0 Å². The average molecular weight is 386 g/mol. The van der Waals surface area contributed by atoms with Crippen molar-refractivity contribution in [3.63, 3.8) is 0 Å². The lowest BCUT2D eigenvalue weighted by molar-refractivity contribution is -0.129. The second-order valence-electron chi connectivity index (χ2n) is 6.06. The van der Waals surface area contributed by atoms with Gasteiger partial charge in [-0.25, -0.2) is 17.6 Å². The van der Waals surface area contributed by atoms with Gasteiger partial charge in [-0.05, 0) is 38.0 Å². The summed E-state index contributed by atoms with van der Waals surface area (Å²) < 4.78 is 45.3. The number of hydrogen-bond donors (Lipinski definition) is 1. The molecule has 0 heterocycles. The highest BCUT2D eigenvalue weighted by Gasteiger charge is 2.29. The summed E-state index contributed by atoms with van der Waals surface area (Å²) in [6, 6.07) is 3.10. The number of nitrogens with zero attached hydrogens (tertiary/aromatic N) is 1. The van der Waals surface area contributed by atoms with E-state index in [1.54, 1.807) is 13.8 Å². The van der Waals surface area contributed by atoms with Gasteiger partial charge in [-0.2, -0.15) is 4.31 Å². The van der Waals surface area contributed by atoms with E-state index in [-0.39, 0.29) is 24.7 Å². The van der Waals surface area contributed by atoms with E-state index in [0.29, 0.717) is 0 Å². The summed E-state index contributed by atoms with van der Waals surface area (Å²) in [5.41, 5.74) is -0.136. The summed E-state index contributed by atoms with van der Waals surface area (Å²) >= 11 is 0. The van der Waals surface area contributed by atoms with Gasteiger partial charge in [0.15, 0.2) is 6.10 Å². The van der Waals surface area contributed by atoms with Crippen LogP contribution in [0.3, 0.4) is 0 Å². The van der Waals surface area contributed by atoms with Crippen molar-refractivity contribution in [2.24, 2.45) is 0 Å². The van der Waals surface area contributed by atoms with Gasteiger partial charge >= 0.3 is 5.97 Å². The van der Waals surface area contributed by atoms with Crippen molar-refractivity contribution in [2.75, 3.05) is 13.1 Å². The first-order valence-electron chi connectivity index (χ1n) is 8.51. The lowest BCUT2D eigenvalue weighted by atomic mass is 10.2. The smallest absolute Gasteiger partial charge is 0.338 e. The number of halogens is 1. The van der Waals surface area contributed by atoms with Crippen molar-refractivity contribution < 1.29 is 27.1 Å². The lowest BCUT2D eigenvalue weighted by Gasteiger charge is -2.19. The van der Waals surface area contributed by atoms with Gasteiger partial charge in [0.1, 0.15) is 10.7 Å². The van der Waals surface area contributed by atoms with Crippen LogP contribution in [0.5, 0.6) is 0 Å². The molecule has 1 aliphatic rings. The fourth-order valence-corrected chi connectivity index (χ4v) is 3.91. The molecule has 26 heavy (non-hydrogen) atoms. The van der Waals surface area contributed by atoms with Gasteiger partial charge in [0.25, 0.3) is 5.91 Å². The summed E-state index contributed by atoms with van der Waals surface area (Å²) in [5.74, 6) is -2.26. The Labute approximate surface area is 152 Å². The molecule has 1 N–H and O–H groups in total. The molecule has 0 aliphatic heterocycles. The molecule has 7 nitrogen and oxygen atoms in total. The molecule has 1 saturated carbocycles. The van der Waals surface area contributed by atoms with E-state index in [4.69, 9.17) is 4.74 Å². The summed E-state index contributed by atoms with van der Waals surface area (Å²) in [5, 5.41) is 2.71. The van der Waals surface area contributed by atoms with E-state index < -0.39 is 38.7 Å². The lowest BCUT2D eigenvalue weighted by Crippen LogP contribution is -2.37. The first-order valence-corrected chi connectivity index (χ1v) is 9.95. The molecule has 0 spiro atoms. The Hall–Kier alpha value is -2.00. The van der Waals surface area contributed by atoms with Gasteiger partial charge in [0, 0.05) is 19.1 Å². The SMILES string of the molecule is CCN(CC)S(=O)(=O)c1cc(C(=O)O[C@H](C)C(=O)NC2CC2)ccc1F. The molecule has 0 bridgehead atoms. The minimum absolute atomic E-state index is 0.125. The highest BCUT2D eigenvalue weighted by atomic mass is 32.2. The molecule has 1 fully saturated rings. The van der Waals surface area contributed by atoms with Crippen LogP contribution in [0.1, 0.15) is 44.0 Å². The Kier molecular flexibility index (Phi) is 6.35. The number of esters is 1. The molecular formula is C17H23FN2O5S. The van der Waals surface area contributed by atoms with Crippen molar-refractivity contribution in [3.05, 3.63) is 29.6 Å². The first kappa shape index (κ1) is 20.3. The Morgan fingerprint density at radius 2 is 1.92 bits per heavy atom. The third-order valence-corrected chi connectivity index (χ3v) is 6.13. The van der Waals surface area contributed by atoms with Gasteiger partial charge in [-0.1, -0.05) is 13.8 Å². The van der Waals surface area contributed by atoms with E-state index in [1.807, 2.05) is 0 Å². The zero-order valence-corrected chi connectivity index (χ0v) is 15.8. The number of nitrogens with one attached hydrogen (secondary N) is 1. The molecule has 9 heteroatoms. The number of carbonyl (C=O) groups excluding carboxylic acids is 2. The number of rotatable bonds is 8. The second-order valence-corrected chi connectivity index (χ2v) is 7.97. The van der Waals surface area contributed by atoms with Gasteiger partial charge in [0.05, 0.1) is 5.56 Å². The zero-order valence-electron chi connectivity index (χ0n) is 15.0. The molecule has 0 saturated heterocycles. The van der Waals surface area contributed by atoms with Crippen LogP contribution in [0.2, 0.25) is 0 Å². The number of amides is 1. The monoisotopic (exact) mass is 386 g/mol. The van der Waals surface area contributed by atoms with Crippen LogP contribution in [0.15, 0.2) is 23.1 Å². The van der Waals surface area contributed by atoms with Gasteiger partial charge in [-0.3, -0.25) is 4.79 Å². The number of benzene rings is 1. The van der Waals surface area contributed by atoms with Crippen LogP contribution in [0.4, 0.5) is 4.39 Å². The number of carbonyl (C=O) groups is 2. The fourth-order valence-electron chi connectivity index (χ4n) is 2.36. The Morgan fingerprint density at radius 1 is 1.31 bits per heavy atom. The van der Waals surface area contributed by atoms with Crippen molar-refractivity contribution >= 4 is 21.9 Å². The highest BCUT2D eigenvalue weighted by Crippen LogP contribution is 2.22. The van der Waals surface area contributed by atoms with Crippen LogP contribution in [0, 0.1) is 5.82 Å². The first-order chi connectivity index (χ1) is 12.2. The zero-order chi connectivity index (χ0) is 19.5. The largest absolute Gasteiger partial charge is 0.449 e. The quantitative estimate of drug-likeness (QED) is 0.686. The van der Waals surface area contributed by atoms with E-state index in [9.17, 15) is 22.4 Å². The molecule has 1 atom stereocenters. The van der Waals surface area contributed by atoms with E-state index in [1.165, 1.54) is 6.92 Å². The van der Waals surface area contributed by atoms with Crippen molar-refractivity contribution in [2.45, 2.75) is 50.7 Å². The van der Waals surface area contributed by atoms with E-state index >= 15 is 0 Å². The van der Waals surface area contributed by atoms with E-state index in [2.05, 4.69) is 5.32 Å². The molecule has 0 aromatic heterocycles. The summed E-state index contributed by atoms with van der Waals surface area (Å²) in [6.45, 7) is 5.04. The highest BCUT2D eigenvalue weighted by molar-refractivity contribution is 7.89. The Bertz CT molecular complexity index is 788. The summed E-state index contributed by atoms with van der Waals surface area (Å²) in [7, 11) is -4.07. The number of hydrogen-bond acceptors (Lipinski definition) is 5. The molecular weight excluding hydrogens is 363 g/mol. The Balaban J connectivity index is 2.19. The predicted octanol–water partition coefficient (Wildman–Crippen LogP) is 1.68.